The molecular weight excluding hydrogens is 230 g/mol. The van der Waals surface area contributed by atoms with Crippen molar-refractivity contribution in [3.05, 3.63) is 0 Å². The molecule has 0 fully saturated rings. The molecule has 0 bridgehead atoms. The molecule has 0 aliphatic rings. The summed E-state index contributed by atoms with van der Waals surface area (Å²) in [6.45, 7) is 4.87. The molecule has 0 saturated heterocycles. The second-order valence-electron chi connectivity index (χ2n) is 3.50. The molecule has 0 aromatic carbocycles. The van der Waals surface area contributed by atoms with E-state index < -0.39 is 23.7 Å². The monoisotopic (exact) mass is 247 g/mol. The van der Waals surface area contributed by atoms with Crippen molar-refractivity contribution in [1.82, 2.24) is 5.32 Å². The zero-order valence-electron chi connectivity index (χ0n) is 9.65. The third kappa shape index (κ3) is 5.75. The second-order valence-corrected chi connectivity index (χ2v) is 4.85. The molecule has 0 rings (SSSR count). The fraction of sp³-hybridized carbons (Fsp3) is 0.700. The molecule has 2 unspecified atom stereocenters. The first-order valence-electron chi connectivity index (χ1n) is 5.08. The number of hydrogen-bond donors (Lipinski definition) is 2. The van der Waals surface area contributed by atoms with Gasteiger partial charge in [0, 0.05) is 5.92 Å². The van der Waals surface area contributed by atoms with Crippen LogP contribution in [0.5, 0.6) is 0 Å². The number of amides is 1. The van der Waals surface area contributed by atoms with Gasteiger partial charge in [0.05, 0.1) is 5.25 Å². The third-order valence-electron chi connectivity index (χ3n) is 2.09. The Morgan fingerprint density at radius 1 is 1.31 bits per heavy atom. The number of hydrogen-bond acceptors (Lipinski definition) is 4. The number of carbonyl (C=O) groups is 3. The number of rotatable bonds is 6. The lowest BCUT2D eigenvalue weighted by molar-refractivity contribution is -0.137. The van der Waals surface area contributed by atoms with Crippen LogP contribution in [0.2, 0.25) is 0 Å². The number of carbonyl (C=O) groups excluding carboxylic acids is 2. The van der Waals surface area contributed by atoms with E-state index >= 15 is 0 Å². The van der Waals surface area contributed by atoms with Crippen LogP contribution in [0.1, 0.15) is 27.2 Å². The maximum Gasteiger partial charge on any atom is 0.322 e. The third-order valence-corrected chi connectivity index (χ3v) is 3.29. The van der Waals surface area contributed by atoms with Crippen molar-refractivity contribution in [2.75, 3.05) is 6.54 Å². The fourth-order valence-electron chi connectivity index (χ4n) is 0.817. The minimum Gasteiger partial charge on any atom is -0.480 e. The van der Waals surface area contributed by atoms with Gasteiger partial charge in [0.2, 0.25) is 5.91 Å². The lowest BCUT2D eigenvalue weighted by Gasteiger charge is -2.12. The lowest BCUT2D eigenvalue weighted by atomic mass is 10.1. The predicted molar refractivity (Wildman–Crippen MR) is 62.2 cm³/mol. The quantitative estimate of drug-likeness (QED) is 0.728. The molecule has 2 atom stereocenters. The van der Waals surface area contributed by atoms with Crippen molar-refractivity contribution in [3.8, 4) is 0 Å². The smallest absolute Gasteiger partial charge is 0.322 e. The first-order chi connectivity index (χ1) is 7.38. The summed E-state index contributed by atoms with van der Waals surface area (Å²) in [6, 6.07) is 0. The highest BCUT2D eigenvalue weighted by molar-refractivity contribution is 8.14. The van der Waals surface area contributed by atoms with E-state index in [0.29, 0.717) is 0 Å². The zero-order chi connectivity index (χ0) is 12.7. The lowest BCUT2D eigenvalue weighted by Crippen LogP contribution is -2.35. The van der Waals surface area contributed by atoms with Crippen LogP contribution in [0.3, 0.4) is 0 Å². The summed E-state index contributed by atoms with van der Waals surface area (Å²) in [5, 5.41) is 10.0. The van der Waals surface area contributed by atoms with Crippen LogP contribution in [0.4, 0.5) is 0 Å². The van der Waals surface area contributed by atoms with Crippen LogP contribution in [0.15, 0.2) is 0 Å². The van der Waals surface area contributed by atoms with Gasteiger partial charge >= 0.3 is 5.97 Å². The molecule has 0 aliphatic heterocycles. The molecule has 92 valence electrons. The summed E-state index contributed by atoms with van der Waals surface area (Å²) in [5.41, 5.74) is 0. The summed E-state index contributed by atoms with van der Waals surface area (Å²) in [5.74, 6) is -1.61. The highest BCUT2D eigenvalue weighted by Gasteiger charge is 2.20. The zero-order valence-corrected chi connectivity index (χ0v) is 10.5. The van der Waals surface area contributed by atoms with Gasteiger partial charge in [-0.15, -0.1) is 0 Å². The average molecular weight is 247 g/mol. The molecule has 0 spiro atoms. The van der Waals surface area contributed by atoms with Crippen molar-refractivity contribution in [1.29, 1.82) is 0 Å². The minimum absolute atomic E-state index is 0.0412. The van der Waals surface area contributed by atoms with Gasteiger partial charge < -0.3 is 10.4 Å². The standard InChI is InChI=1S/C10H17NO4S/c1-4-6(2)10(15)16-7(3)9(14)11-5-8(12)13/h6-7H,4-5H2,1-3H3,(H,11,14)(H,12,13). The van der Waals surface area contributed by atoms with E-state index in [2.05, 4.69) is 5.32 Å². The van der Waals surface area contributed by atoms with Crippen LogP contribution < -0.4 is 5.32 Å². The number of thioether (sulfide) groups is 1. The van der Waals surface area contributed by atoms with Crippen LogP contribution >= 0.6 is 11.8 Å². The Hall–Kier alpha value is -1.04. The van der Waals surface area contributed by atoms with Crippen LogP contribution in [0.25, 0.3) is 0 Å². The van der Waals surface area contributed by atoms with Crippen molar-refractivity contribution < 1.29 is 19.5 Å². The van der Waals surface area contributed by atoms with Gasteiger partial charge in [-0.3, -0.25) is 14.4 Å². The predicted octanol–water partition coefficient (Wildman–Crippen LogP) is 0.882. The SMILES string of the molecule is CCC(C)C(=O)SC(C)C(=O)NCC(=O)O. The Labute approximate surface area is 99.0 Å². The van der Waals surface area contributed by atoms with Gasteiger partial charge in [-0.1, -0.05) is 25.6 Å². The first kappa shape index (κ1) is 15.0. The molecule has 0 aliphatic carbocycles. The van der Waals surface area contributed by atoms with Gasteiger partial charge in [-0.25, -0.2) is 0 Å². The highest BCUT2D eigenvalue weighted by atomic mass is 32.2. The van der Waals surface area contributed by atoms with Crippen molar-refractivity contribution >= 4 is 28.8 Å². The summed E-state index contributed by atoms with van der Waals surface area (Å²) in [7, 11) is 0. The van der Waals surface area contributed by atoms with Gasteiger partial charge in [-0.05, 0) is 13.3 Å². The van der Waals surface area contributed by atoms with Crippen LogP contribution in [0, 0.1) is 5.92 Å². The second kappa shape index (κ2) is 7.27. The molecule has 0 heterocycles. The van der Waals surface area contributed by atoms with Crippen molar-refractivity contribution in [2.45, 2.75) is 32.4 Å². The number of carboxylic acid groups (broad SMARTS) is 1. The Kier molecular flexibility index (Phi) is 6.80. The summed E-state index contributed by atoms with van der Waals surface area (Å²) in [6.07, 6.45) is 0.731. The van der Waals surface area contributed by atoms with Gasteiger partial charge in [-0.2, -0.15) is 0 Å². The maximum atomic E-state index is 11.5. The van der Waals surface area contributed by atoms with E-state index in [1.54, 1.807) is 13.8 Å². The van der Waals surface area contributed by atoms with E-state index in [1.165, 1.54) is 0 Å². The molecule has 0 saturated carbocycles. The van der Waals surface area contributed by atoms with E-state index in [-0.39, 0.29) is 11.0 Å². The van der Waals surface area contributed by atoms with E-state index in [4.69, 9.17) is 5.11 Å². The average Bonchev–Trinajstić information content (AvgIpc) is 2.24. The number of nitrogens with one attached hydrogen (secondary N) is 1. The van der Waals surface area contributed by atoms with Crippen LogP contribution in [-0.2, 0) is 14.4 Å². The molecule has 6 heteroatoms. The summed E-state index contributed by atoms with van der Waals surface area (Å²) < 4.78 is 0. The molecule has 0 aromatic heterocycles. The van der Waals surface area contributed by atoms with E-state index in [1.807, 2.05) is 6.92 Å². The molecule has 16 heavy (non-hydrogen) atoms. The summed E-state index contributed by atoms with van der Waals surface area (Å²) in [4.78, 5) is 33.1. The van der Waals surface area contributed by atoms with Gasteiger partial charge in [0.1, 0.15) is 6.54 Å². The molecule has 2 N–H and O–H groups in total. The Morgan fingerprint density at radius 3 is 2.31 bits per heavy atom. The normalized spacial score (nSPS) is 13.9. The summed E-state index contributed by atoms with van der Waals surface area (Å²) >= 11 is 0.948. The maximum absolute atomic E-state index is 11.5. The van der Waals surface area contributed by atoms with Crippen molar-refractivity contribution in [2.24, 2.45) is 5.92 Å². The topological polar surface area (TPSA) is 83.5 Å². The number of carboxylic acids is 1. The number of aliphatic carboxylic acids is 1. The minimum atomic E-state index is -1.10. The van der Waals surface area contributed by atoms with Gasteiger partial charge in [0.15, 0.2) is 5.12 Å². The largest absolute Gasteiger partial charge is 0.480 e. The van der Waals surface area contributed by atoms with E-state index in [0.717, 1.165) is 18.2 Å². The molecule has 0 aromatic rings. The van der Waals surface area contributed by atoms with Crippen molar-refractivity contribution in [3.63, 3.8) is 0 Å². The molecule has 0 radical (unpaired) electrons. The highest BCUT2D eigenvalue weighted by Crippen LogP contribution is 2.18. The molecule has 5 nitrogen and oxygen atoms in total. The first-order valence-corrected chi connectivity index (χ1v) is 5.96. The molecular formula is C10H17NO4S. The van der Waals surface area contributed by atoms with Crippen LogP contribution in [-0.4, -0.2) is 33.9 Å². The fourth-order valence-corrected chi connectivity index (χ4v) is 1.75. The van der Waals surface area contributed by atoms with E-state index in [9.17, 15) is 14.4 Å². The Balaban J connectivity index is 4.05. The Morgan fingerprint density at radius 2 is 1.88 bits per heavy atom. The Bertz CT molecular complexity index is 280. The molecule has 1 amide bonds. The van der Waals surface area contributed by atoms with Gasteiger partial charge in [0.25, 0.3) is 0 Å².